The molecule has 0 radical (unpaired) electrons. The van der Waals surface area contributed by atoms with Gasteiger partial charge >= 0.3 is 0 Å². The summed E-state index contributed by atoms with van der Waals surface area (Å²) >= 11 is 0. The van der Waals surface area contributed by atoms with Gasteiger partial charge in [-0.25, -0.2) is 0 Å². The average molecular weight is 192 g/mol. The maximum atomic E-state index is 9.38. The molecule has 2 saturated carbocycles. The zero-order valence-corrected chi connectivity index (χ0v) is 8.41. The summed E-state index contributed by atoms with van der Waals surface area (Å²) in [4.78, 5) is 2.38. The minimum Gasteiger partial charge on any atom is -0.379 e. The van der Waals surface area contributed by atoms with Crippen molar-refractivity contribution in [3.8, 4) is 6.07 Å². The molecule has 0 bridgehead atoms. The lowest BCUT2D eigenvalue weighted by molar-refractivity contribution is 0.0136. The SMILES string of the molecule is N#CC1(N2CCOCC2)C2CCCC21. The average Bonchev–Trinajstić information content (AvgIpc) is 2.62. The van der Waals surface area contributed by atoms with Gasteiger partial charge in [0, 0.05) is 13.1 Å². The lowest BCUT2D eigenvalue weighted by atomic mass is 10.0. The quantitative estimate of drug-likeness (QED) is 0.622. The first-order valence-electron chi connectivity index (χ1n) is 5.63. The first-order chi connectivity index (χ1) is 6.89. The number of hydrogen-bond donors (Lipinski definition) is 0. The maximum Gasteiger partial charge on any atom is 0.115 e. The van der Waals surface area contributed by atoms with Gasteiger partial charge in [0.05, 0.1) is 19.3 Å². The van der Waals surface area contributed by atoms with Crippen LogP contribution in [0.4, 0.5) is 0 Å². The van der Waals surface area contributed by atoms with Crippen molar-refractivity contribution in [2.45, 2.75) is 24.8 Å². The summed E-state index contributed by atoms with van der Waals surface area (Å²) < 4.78 is 5.34. The number of nitrogens with zero attached hydrogens (tertiary/aromatic N) is 2. The van der Waals surface area contributed by atoms with Crippen molar-refractivity contribution in [1.29, 1.82) is 5.26 Å². The molecule has 0 aromatic heterocycles. The van der Waals surface area contributed by atoms with Crippen molar-refractivity contribution < 1.29 is 4.74 Å². The third-order valence-corrected chi connectivity index (χ3v) is 4.25. The summed E-state index contributed by atoms with van der Waals surface area (Å²) in [7, 11) is 0. The molecule has 2 unspecified atom stereocenters. The molecule has 3 aliphatic rings. The predicted octanol–water partition coefficient (Wildman–Crippen LogP) is 1.01. The second-order valence-corrected chi connectivity index (χ2v) is 4.68. The van der Waals surface area contributed by atoms with E-state index in [1.807, 2.05) is 0 Å². The number of ether oxygens (including phenoxy) is 1. The molecule has 0 aromatic rings. The molecule has 2 aliphatic carbocycles. The van der Waals surface area contributed by atoms with Crippen LogP contribution in [0, 0.1) is 23.2 Å². The Hall–Kier alpha value is -0.590. The molecular formula is C11H16N2O. The lowest BCUT2D eigenvalue weighted by Gasteiger charge is -2.33. The zero-order chi connectivity index (χ0) is 9.60. The van der Waals surface area contributed by atoms with Gasteiger partial charge in [-0.15, -0.1) is 0 Å². The van der Waals surface area contributed by atoms with Crippen LogP contribution in [0.1, 0.15) is 19.3 Å². The smallest absolute Gasteiger partial charge is 0.115 e. The van der Waals surface area contributed by atoms with Crippen LogP contribution in [0.2, 0.25) is 0 Å². The van der Waals surface area contributed by atoms with E-state index in [-0.39, 0.29) is 5.54 Å². The molecule has 1 aliphatic heterocycles. The van der Waals surface area contributed by atoms with Crippen molar-refractivity contribution in [1.82, 2.24) is 4.90 Å². The minimum atomic E-state index is -0.0674. The van der Waals surface area contributed by atoms with Crippen molar-refractivity contribution in [2.24, 2.45) is 11.8 Å². The van der Waals surface area contributed by atoms with Gasteiger partial charge in [0.2, 0.25) is 0 Å². The summed E-state index contributed by atoms with van der Waals surface area (Å²) in [5.41, 5.74) is -0.0674. The van der Waals surface area contributed by atoms with E-state index >= 15 is 0 Å². The molecule has 76 valence electrons. The molecule has 2 atom stereocenters. The van der Waals surface area contributed by atoms with Gasteiger partial charge in [-0.1, -0.05) is 6.42 Å². The van der Waals surface area contributed by atoms with Crippen LogP contribution in [-0.4, -0.2) is 36.7 Å². The van der Waals surface area contributed by atoms with E-state index in [0.717, 1.165) is 26.3 Å². The Bertz CT molecular complexity index is 268. The van der Waals surface area contributed by atoms with Crippen LogP contribution in [0.15, 0.2) is 0 Å². The molecule has 3 rings (SSSR count). The van der Waals surface area contributed by atoms with E-state index in [4.69, 9.17) is 4.74 Å². The molecule has 0 amide bonds. The van der Waals surface area contributed by atoms with Crippen molar-refractivity contribution in [2.75, 3.05) is 26.3 Å². The Morgan fingerprint density at radius 2 is 1.86 bits per heavy atom. The molecule has 0 spiro atoms. The van der Waals surface area contributed by atoms with Crippen molar-refractivity contribution >= 4 is 0 Å². The number of fused-ring (bicyclic) bond motifs is 1. The molecule has 1 saturated heterocycles. The van der Waals surface area contributed by atoms with Crippen LogP contribution in [0.3, 0.4) is 0 Å². The van der Waals surface area contributed by atoms with Gasteiger partial charge in [-0.2, -0.15) is 5.26 Å². The molecule has 0 aromatic carbocycles. The third-order valence-electron chi connectivity index (χ3n) is 4.25. The summed E-state index contributed by atoms with van der Waals surface area (Å²) in [6.45, 7) is 3.53. The summed E-state index contributed by atoms with van der Waals surface area (Å²) in [5.74, 6) is 1.37. The predicted molar refractivity (Wildman–Crippen MR) is 51.6 cm³/mol. The molecular weight excluding hydrogens is 176 g/mol. The third kappa shape index (κ3) is 0.933. The highest BCUT2D eigenvalue weighted by atomic mass is 16.5. The van der Waals surface area contributed by atoms with Gasteiger partial charge in [-0.05, 0) is 24.7 Å². The second kappa shape index (κ2) is 2.95. The highest BCUT2D eigenvalue weighted by Gasteiger charge is 2.69. The van der Waals surface area contributed by atoms with Crippen molar-refractivity contribution in [3.63, 3.8) is 0 Å². The lowest BCUT2D eigenvalue weighted by Crippen LogP contribution is -2.47. The molecule has 0 N–H and O–H groups in total. The van der Waals surface area contributed by atoms with Gasteiger partial charge in [0.1, 0.15) is 5.54 Å². The highest BCUT2D eigenvalue weighted by molar-refractivity contribution is 5.32. The molecule has 3 fully saturated rings. The van der Waals surface area contributed by atoms with Crippen molar-refractivity contribution in [3.05, 3.63) is 0 Å². The second-order valence-electron chi connectivity index (χ2n) is 4.68. The van der Waals surface area contributed by atoms with E-state index in [1.54, 1.807) is 0 Å². The highest BCUT2D eigenvalue weighted by Crippen LogP contribution is 2.63. The van der Waals surface area contributed by atoms with Crippen LogP contribution in [0.25, 0.3) is 0 Å². The molecule has 3 nitrogen and oxygen atoms in total. The maximum absolute atomic E-state index is 9.38. The van der Waals surface area contributed by atoms with E-state index in [9.17, 15) is 5.26 Å². The van der Waals surface area contributed by atoms with Crippen LogP contribution in [0.5, 0.6) is 0 Å². The number of morpholine rings is 1. The Balaban J connectivity index is 1.79. The van der Waals surface area contributed by atoms with Gasteiger partial charge in [0.15, 0.2) is 0 Å². The zero-order valence-electron chi connectivity index (χ0n) is 8.41. The first kappa shape index (κ1) is 8.70. The Labute approximate surface area is 84.6 Å². The van der Waals surface area contributed by atoms with Crippen LogP contribution in [-0.2, 0) is 4.74 Å². The number of hydrogen-bond acceptors (Lipinski definition) is 3. The summed E-state index contributed by atoms with van der Waals surface area (Å²) in [6, 6.07) is 2.59. The monoisotopic (exact) mass is 192 g/mol. The van der Waals surface area contributed by atoms with Gasteiger partial charge in [-0.3, -0.25) is 4.90 Å². The Morgan fingerprint density at radius 1 is 1.21 bits per heavy atom. The number of rotatable bonds is 1. The fraction of sp³-hybridized carbons (Fsp3) is 0.909. The normalized spacial score (nSPS) is 47.1. The van der Waals surface area contributed by atoms with E-state index in [0.29, 0.717) is 11.8 Å². The Kier molecular flexibility index (Phi) is 1.83. The molecule has 1 heterocycles. The Morgan fingerprint density at radius 3 is 2.43 bits per heavy atom. The van der Waals surface area contributed by atoms with Gasteiger partial charge < -0.3 is 4.74 Å². The molecule has 3 heteroatoms. The van der Waals surface area contributed by atoms with Crippen LogP contribution < -0.4 is 0 Å². The van der Waals surface area contributed by atoms with E-state index < -0.39 is 0 Å². The topological polar surface area (TPSA) is 36.3 Å². The van der Waals surface area contributed by atoms with E-state index in [2.05, 4.69) is 11.0 Å². The number of nitriles is 1. The fourth-order valence-electron chi connectivity index (χ4n) is 3.56. The minimum absolute atomic E-state index is 0.0674. The molecule has 14 heavy (non-hydrogen) atoms. The largest absolute Gasteiger partial charge is 0.379 e. The van der Waals surface area contributed by atoms with Crippen LogP contribution >= 0.6 is 0 Å². The fourth-order valence-corrected chi connectivity index (χ4v) is 3.56. The van der Waals surface area contributed by atoms with E-state index in [1.165, 1.54) is 19.3 Å². The first-order valence-corrected chi connectivity index (χ1v) is 5.63. The standard InChI is InChI=1S/C11H16N2O/c12-8-11(9-2-1-3-10(9)11)13-4-6-14-7-5-13/h9-10H,1-7H2. The van der Waals surface area contributed by atoms with Gasteiger partial charge in [0.25, 0.3) is 0 Å². The summed E-state index contributed by atoms with van der Waals surface area (Å²) in [5, 5.41) is 9.38. The summed E-state index contributed by atoms with van der Waals surface area (Å²) in [6.07, 6.45) is 3.88.